The second-order valence-corrected chi connectivity index (χ2v) is 5.33. The average Bonchev–Trinajstić information content (AvgIpc) is 2.88. The number of benzene rings is 2. The van der Waals surface area contributed by atoms with Gasteiger partial charge in [0.1, 0.15) is 5.92 Å². The number of aliphatic imine (C=N–C) groups is 1. The molecule has 1 N–H and O–H groups in total. The first-order valence-electron chi connectivity index (χ1n) is 7.38. The largest absolute Gasteiger partial charge is 0.478 e. The maximum Gasteiger partial charge on any atom is 0.335 e. The molecule has 0 bridgehead atoms. The van der Waals surface area contributed by atoms with E-state index >= 15 is 0 Å². The summed E-state index contributed by atoms with van der Waals surface area (Å²) in [4.78, 5) is 27.6. The van der Waals surface area contributed by atoms with Gasteiger partial charge in [-0.05, 0) is 43.3 Å². The van der Waals surface area contributed by atoms with Crippen molar-refractivity contribution >= 4 is 35.2 Å². The molecule has 2 aromatic rings. The van der Waals surface area contributed by atoms with Crippen LogP contribution in [0, 0.1) is 5.92 Å². The normalized spacial score (nSPS) is 17.4. The number of anilines is 1. The summed E-state index contributed by atoms with van der Waals surface area (Å²) in [5.41, 5.74) is 2.15. The first kappa shape index (κ1) is 15.6. The molecule has 0 saturated carbocycles. The van der Waals surface area contributed by atoms with Crippen LogP contribution in [0.15, 0.2) is 64.7 Å². The molecule has 3 rings (SSSR count). The van der Waals surface area contributed by atoms with Crippen LogP contribution in [-0.4, -0.2) is 28.9 Å². The Hall–Kier alpha value is -3.28. The van der Waals surface area contributed by atoms with Crippen LogP contribution < -0.4 is 5.01 Å². The predicted octanol–water partition coefficient (Wildman–Crippen LogP) is 3.13. The third kappa shape index (κ3) is 3.08. The summed E-state index contributed by atoms with van der Waals surface area (Å²) in [5, 5.41) is 14.6. The first-order chi connectivity index (χ1) is 11.6. The number of carboxylic acid groups (broad SMARTS) is 1. The molecule has 6 nitrogen and oxygen atoms in total. The highest BCUT2D eigenvalue weighted by Crippen LogP contribution is 2.23. The average molecular weight is 321 g/mol. The number of hydrazone groups is 1. The van der Waals surface area contributed by atoms with Gasteiger partial charge < -0.3 is 5.11 Å². The van der Waals surface area contributed by atoms with E-state index in [1.54, 1.807) is 25.3 Å². The first-order valence-corrected chi connectivity index (χ1v) is 7.38. The van der Waals surface area contributed by atoms with Gasteiger partial charge >= 0.3 is 5.97 Å². The highest BCUT2D eigenvalue weighted by Gasteiger charge is 2.33. The minimum Gasteiger partial charge on any atom is -0.478 e. The molecule has 0 unspecified atom stereocenters. The van der Waals surface area contributed by atoms with E-state index in [1.165, 1.54) is 17.1 Å². The number of nitrogens with zero attached hydrogens (tertiary/aromatic N) is 3. The van der Waals surface area contributed by atoms with Crippen molar-refractivity contribution < 1.29 is 14.7 Å². The van der Waals surface area contributed by atoms with Crippen LogP contribution in [0.25, 0.3) is 0 Å². The summed E-state index contributed by atoms with van der Waals surface area (Å²) >= 11 is 0. The van der Waals surface area contributed by atoms with Gasteiger partial charge in [-0.25, -0.2) is 4.79 Å². The molecule has 0 saturated heterocycles. The summed E-state index contributed by atoms with van der Waals surface area (Å²) in [7, 11) is 0. The molecule has 0 aromatic heterocycles. The molecule has 120 valence electrons. The van der Waals surface area contributed by atoms with Gasteiger partial charge in [0.25, 0.3) is 5.91 Å². The van der Waals surface area contributed by atoms with Crippen LogP contribution in [0.2, 0.25) is 0 Å². The summed E-state index contributed by atoms with van der Waals surface area (Å²) in [6, 6.07) is 15.4. The topological polar surface area (TPSA) is 82.3 Å². The van der Waals surface area contributed by atoms with Crippen molar-refractivity contribution in [1.29, 1.82) is 0 Å². The highest BCUT2D eigenvalue weighted by atomic mass is 16.4. The lowest BCUT2D eigenvalue weighted by molar-refractivity contribution is -0.118. The molecule has 0 fully saturated rings. The molecular formula is C18H15N3O3. The van der Waals surface area contributed by atoms with Gasteiger partial charge in [0, 0.05) is 6.21 Å². The maximum atomic E-state index is 12.5. The maximum absolute atomic E-state index is 12.5. The second-order valence-electron chi connectivity index (χ2n) is 5.33. The molecule has 2 aromatic carbocycles. The number of carboxylic acids is 1. The number of carbonyl (C=O) groups is 2. The minimum atomic E-state index is -0.988. The van der Waals surface area contributed by atoms with Gasteiger partial charge in [0.05, 0.1) is 22.6 Å². The number of amides is 1. The van der Waals surface area contributed by atoms with Crippen LogP contribution in [0.5, 0.6) is 0 Å². The lowest BCUT2D eigenvalue weighted by atomic mass is 10.1. The SMILES string of the molecule is CC1=NN(c2ccccc2)C(=O)[C@@H]1C=Nc1ccc(C(=O)O)cc1. The van der Waals surface area contributed by atoms with Crippen molar-refractivity contribution in [3.8, 4) is 0 Å². The lowest BCUT2D eigenvalue weighted by Crippen LogP contribution is -2.27. The summed E-state index contributed by atoms with van der Waals surface area (Å²) in [6.45, 7) is 1.78. The Bertz CT molecular complexity index is 826. The molecule has 1 aliphatic rings. The Morgan fingerprint density at radius 1 is 1.17 bits per heavy atom. The number of hydrogen-bond donors (Lipinski definition) is 1. The molecule has 1 heterocycles. The molecule has 1 aliphatic heterocycles. The number of rotatable bonds is 4. The smallest absolute Gasteiger partial charge is 0.335 e. The van der Waals surface area contributed by atoms with Crippen molar-refractivity contribution in [2.24, 2.45) is 16.0 Å². The monoisotopic (exact) mass is 321 g/mol. The molecule has 1 atom stereocenters. The third-order valence-electron chi connectivity index (χ3n) is 3.67. The van der Waals surface area contributed by atoms with Crippen LogP contribution in [-0.2, 0) is 4.79 Å². The number of carbonyl (C=O) groups excluding carboxylic acids is 1. The summed E-state index contributed by atoms with van der Waals surface area (Å²) in [6.07, 6.45) is 1.54. The van der Waals surface area contributed by atoms with Gasteiger partial charge in [-0.1, -0.05) is 18.2 Å². The summed E-state index contributed by atoms with van der Waals surface area (Å²) in [5.74, 6) is -1.67. The predicted molar refractivity (Wildman–Crippen MR) is 92.1 cm³/mol. The molecule has 0 aliphatic carbocycles. The van der Waals surface area contributed by atoms with E-state index in [0.29, 0.717) is 17.1 Å². The van der Waals surface area contributed by atoms with E-state index in [9.17, 15) is 9.59 Å². The minimum absolute atomic E-state index is 0.162. The number of para-hydroxylation sites is 1. The quantitative estimate of drug-likeness (QED) is 0.878. The van der Waals surface area contributed by atoms with Crippen molar-refractivity contribution in [1.82, 2.24) is 0 Å². The van der Waals surface area contributed by atoms with Crippen molar-refractivity contribution in [2.45, 2.75) is 6.92 Å². The Morgan fingerprint density at radius 2 is 1.83 bits per heavy atom. The number of aromatic carboxylic acids is 1. The summed E-state index contributed by atoms with van der Waals surface area (Å²) < 4.78 is 0. The van der Waals surface area contributed by atoms with E-state index in [4.69, 9.17) is 5.11 Å². The zero-order valence-corrected chi connectivity index (χ0v) is 13.0. The molecule has 1 amide bonds. The van der Waals surface area contributed by atoms with Crippen LogP contribution in [0.3, 0.4) is 0 Å². The van der Waals surface area contributed by atoms with Gasteiger partial charge in [-0.3, -0.25) is 9.79 Å². The van der Waals surface area contributed by atoms with Gasteiger partial charge in [0.15, 0.2) is 0 Å². The zero-order valence-electron chi connectivity index (χ0n) is 13.0. The molecule has 6 heteroatoms. The fourth-order valence-electron chi connectivity index (χ4n) is 2.36. The van der Waals surface area contributed by atoms with E-state index < -0.39 is 11.9 Å². The molecule has 24 heavy (non-hydrogen) atoms. The fourth-order valence-corrected chi connectivity index (χ4v) is 2.36. The Balaban J connectivity index is 1.77. The lowest BCUT2D eigenvalue weighted by Gasteiger charge is -2.12. The Labute approximate surface area is 138 Å². The molecule has 0 spiro atoms. The van der Waals surface area contributed by atoms with Crippen LogP contribution >= 0.6 is 0 Å². The van der Waals surface area contributed by atoms with Gasteiger partial charge in [0.2, 0.25) is 0 Å². The van der Waals surface area contributed by atoms with E-state index in [0.717, 1.165) is 0 Å². The Kier molecular flexibility index (Phi) is 4.20. The van der Waals surface area contributed by atoms with E-state index in [-0.39, 0.29) is 11.5 Å². The van der Waals surface area contributed by atoms with Crippen molar-refractivity contribution in [3.05, 3.63) is 60.2 Å². The fraction of sp³-hybridized carbons (Fsp3) is 0.111. The molecule has 0 radical (unpaired) electrons. The van der Waals surface area contributed by atoms with Crippen molar-refractivity contribution in [2.75, 3.05) is 5.01 Å². The highest BCUT2D eigenvalue weighted by molar-refractivity contribution is 6.23. The third-order valence-corrected chi connectivity index (χ3v) is 3.67. The Morgan fingerprint density at radius 3 is 2.46 bits per heavy atom. The zero-order chi connectivity index (χ0) is 17.1. The molecular weight excluding hydrogens is 306 g/mol. The van der Waals surface area contributed by atoms with Gasteiger partial charge in [-0.15, -0.1) is 0 Å². The van der Waals surface area contributed by atoms with E-state index in [1.807, 2.05) is 30.3 Å². The second kappa shape index (κ2) is 6.45. The van der Waals surface area contributed by atoms with Crippen LogP contribution in [0.1, 0.15) is 17.3 Å². The van der Waals surface area contributed by atoms with E-state index in [2.05, 4.69) is 10.1 Å². The standard InChI is InChI=1S/C18H15N3O3/c1-12-16(11-19-14-9-7-13(8-10-14)18(23)24)17(22)21(20-12)15-5-3-2-4-6-15/h2-11,16H,1H3,(H,23,24)/t16-/m1/s1. The van der Waals surface area contributed by atoms with Crippen LogP contribution in [0.4, 0.5) is 11.4 Å². The van der Waals surface area contributed by atoms with Crippen molar-refractivity contribution in [3.63, 3.8) is 0 Å². The number of hydrogen-bond acceptors (Lipinski definition) is 4. The van der Waals surface area contributed by atoms with Gasteiger partial charge in [-0.2, -0.15) is 10.1 Å².